The Labute approximate surface area is 147 Å². The number of piperidine rings is 1. The van der Waals surface area contributed by atoms with Gasteiger partial charge in [0.25, 0.3) is 5.56 Å². The summed E-state index contributed by atoms with van der Waals surface area (Å²) in [5.74, 6) is 0.838. The zero-order chi connectivity index (χ0) is 17.1. The second kappa shape index (κ2) is 7.11. The molecule has 128 valence electrons. The van der Waals surface area contributed by atoms with Crippen LogP contribution >= 0.6 is 0 Å². The van der Waals surface area contributed by atoms with E-state index in [0.717, 1.165) is 43.6 Å². The van der Waals surface area contributed by atoms with Gasteiger partial charge in [-0.05, 0) is 54.6 Å². The van der Waals surface area contributed by atoms with Crippen LogP contribution in [-0.2, 0) is 6.54 Å². The minimum atomic E-state index is -0.0595. The summed E-state index contributed by atoms with van der Waals surface area (Å²) in [4.78, 5) is 16.9. The van der Waals surface area contributed by atoms with Gasteiger partial charge in [0.1, 0.15) is 11.9 Å². The predicted octanol–water partition coefficient (Wildman–Crippen LogP) is 3.57. The number of nitrogens with zero attached hydrogens (tertiary/aromatic N) is 1. The van der Waals surface area contributed by atoms with Crippen LogP contribution in [0.2, 0.25) is 0 Å². The summed E-state index contributed by atoms with van der Waals surface area (Å²) in [5, 5.41) is 1.61. The van der Waals surface area contributed by atoms with E-state index in [1.807, 2.05) is 24.3 Å². The molecule has 0 bridgehead atoms. The van der Waals surface area contributed by atoms with Crippen molar-refractivity contribution in [2.45, 2.75) is 25.5 Å². The average Bonchev–Trinajstić information content (AvgIpc) is 2.63. The fourth-order valence-electron chi connectivity index (χ4n) is 3.53. The van der Waals surface area contributed by atoms with Crippen LogP contribution in [0, 0.1) is 0 Å². The van der Waals surface area contributed by atoms with Gasteiger partial charge in [-0.25, -0.2) is 0 Å². The summed E-state index contributed by atoms with van der Waals surface area (Å²) in [6.07, 6.45) is 4.08. The first-order valence-electron chi connectivity index (χ1n) is 8.82. The fraction of sp³-hybridized carbons (Fsp3) is 0.286. The van der Waals surface area contributed by atoms with Crippen molar-refractivity contribution < 1.29 is 4.74 Å². The van der Waals surface area contributed by atoms with E-state index in [1.54, 1.807) is 6.20 Å². The standard InChI is InChI=1S/C21H22N2O2/c24-21-20-9-8-18(13-17(20)10-11-22-21)25-19-7-4-12-23(15-19)14-16-5-2-1-3-6-16/h1-3,5-6,8-11,13,19H,4,7,12,14-15H2,(H,22,24). The zero-order valence-corrected chi connectivity index (χ0v) is 14.2. The Bertz CT molecular complexity index is 904. The van der Waals surface area contributed by atoms with Crippen molar-refractivity contribution in [3.8, 4) is 5.75 Å². The van der Waals surface area contributed by atoms with Crippen molar-refractivity contribution >= 4 is 10.8 Å². The normalized spacial score (nSPS) is 18.3. The summed E-state index contributed by atoms with van der Waals surface area (Å²) in [5.41, 5.74) is 1.28. The summed E-state index contributed by atoms with van der Waals surface area (Å²) < 4.78 is 6.22. The molecule has 4 heteroatoms. The highest BCUT2D eigenvalue weighted by molar-refractivity contribution is 5.82. The molecule has 2 heterocycles. The van der Waals surface area contributed by atoms with Gasteiger partial charge < -0.3 is 9.72 Å². The molecule has 25 heavy (non-hydrogen) atoms. The molecular weight excluding hydrogens is 312 g/mol. The van der Waals surface area contributed by atoms with E-state index in [-0.39, 0.29) is 11.7 Å². The van der Waals surface area contributed by atoms with Crippen molar-refractivity contribution in [2.75, 3.05) is 13.1 Å². The van der Waals surface area contributed by atoms with E-state index in [2.05, 4.69) is 40.2 Å². The van der Waals surface area contributed by atoms with E-state index in [0.29, 0.717) is 5.39 Å². The molecule has 1 aliphatic heterocycles. The molecule has 1 unspecified atom stereocenters. The summed E-state index contributed by atoms with van der Waals surface area (Å²) in [6.45, 7) is 3.01. The van der Waals surface area contributed by atoms with Crippen molar-refractivity contribution in [3.63, 3.8) is 0 Å². The first-order chi connectivity index (χ1) is 12.3. The predicted molar refractivity (Wildman–Crippen MR) is 99.9 cm³/mol. The number of rotatable bonds is 4. The lowest BCUT2D eigenvalue weighted by atomic mass is 10.1. The second-order valence-corrected chi connectivity index (χ2v) is 6.66. The third-order valence-electron chi connectivity index (χ3n) is 4.76. The SMILES string of the molecule is O=c1[nH]ccc2cc(OC3CCCN(Cc4ccccc4)C3)ccc12. The third-order valence-corrected chi connectivity index (χ3v) is 4.76. The molecule has 0 amide bonds. The van der Waals surface area contributed by atoms with E-state index in [1.165, 1.54) is 5.56 Å². The van der Waals surface area contributed by atoms with Crippen LogP contribution in [0.1, 0.15) is 18.4 Å². The molecule has 0 radical (unpaired) electrons. The van der Waals surface area contributed by atoms with Gasteiger partial charge in [0.2, 0.25) is 0 Å². The molecule has 1 atom stereocenters. The number of fused-ring (bicyclic) bond motifs is 1. The molecule has 1 N–H and O–H groups in total. The van der Waals surface area contributed by atoms with Crippen LogP contribution in [0.25, 0.3) is 10.8 Å². The van der Waals surface area contributed by atoms with Gasteiger partial charge in [0, 0.05) is 24.7 Å². The largest absolute Gasteiger partial charge is 0.489 e. The molecule has 0 saturated carbocycles. The Morgan fingerprint density at radius 2 is 2.00 bits per heavy atom. The van der Waals surface area contributed by atoms with Crippen molar-refractivity contribution in [1.29, 1.82) is 0 Å². The number of likely N-dealkylation sites (tertiary alicyclic amines) is 1. The van der Waals surface area contributed by atoms with Gasteiger partial charge in [-0.3, -0.25) is 9.69 Å². The fourth-order valence-corrected chi connectivity index (χ4v) is 3.53. The van der Waals surface area contributed by atoms with Gasteiger partial charge in [-0.2, -0.15) is 0 Å². The van der Waals surface area contributed by atoms with Crippen molar-refractivity contribution in [2.24, 2.45) is 0 Å². The number of ether oxygens (including phenoxy) is 1. The number of nitrogens with one attached hydrogen (secondary N) is 1. The number of pyridine rings is 1. The van der Waals surface area contributed by atoms with Crippen LogP contribution in [0.5, 0.6) is 5.75 Å². The van der Waals surface area contributed by atoms with Crippen molar-refractivity contribution in [3.05, 3.63) is 76.7 Å². The first kappa shape index (κ1) is 15.9. The molecule has 3 aromatic rings. The minimum absolute atomic E-state index is 0.0595. The van der Waals surface area contributed by atoms with Gasteiger partial charge in [0.15, 0.2) is 0 Å². The summed E-state index contributed by atoms with van der Waals surface area (Å²) >= 11 is 0. The third kappa shape index (κ3) is 3.74. The van der Waals surface area contributed by atoms with Crippen molar-refractivity contribution in [1.82, 2.24) is 9.88 Å². The molecular formula is C21H22N2O2. The minimum Gasteiger partial charge on any atom is -0.489 e. The smallest absolute Gasteiger partial charge is 0.255 e. The van der Waals surface area contributed by atoms with E-state index in [9.17, 15) is 4.79 Å². The van der Waals surface area contributed by atoms with Gasteiger partial charge >= 0.3 is 0 Å². The topological polar surface area (TPSA) is 45.3 Å². The molecule has 1 aliphatic rings. The first-order valence-corrected chi connectivity index (χ1v) is 8.82. The van der Waals surface area contributed by atoms with Crippen LogP contribution in [-0.4, -0.2) is 29.1 Å². The number of hydrogen-bond acceptors (Lipinski definition) is 3. The lowest BCUT2D eigenvalue weighted by molar-refractivity contribution is 0.0844. The Hall–Kier alpha value is -2.59. The molecule has 0 aliphatic carbocycles. The Morgan fingerprint density at radius 1 is 1.12 bits per heavy atom. The molecule has 0 spiro atoms. The molecule has 1 aromatic heterocycles. The molecule has 2 aromatic carbocycles. The molecule has 4 rings (SSSR count). The summed E-state index contributed by atoms with van der Waals surface area (Å²) in [6, 6.07) is 18.2. The maximum atomic E-state index is 11.8. The Kier molecular flexibility index (Phi) is 4.53. The lowest BCUT2D eigenvalue weighted by Gasteiger charge is -2.33. The zero-order valence-electron chi connectivity index (χ0n) is 14.2. The van der Waals surface area contributed by atoms with Gasteiger partial charge in [0.05, 0.1) is 0 Å². The quantitative estimate of drug-likeness (QED) is 0.793. The highest BCUT2D eigenvalue weighted by atomic mass is 16.5. The van der Waals surface area contributed by atoms with Crippen LogP contribution in [0.3, 0.4) is 0 Å². The molecule has 1 fully saturated rings. The second-order valence-electron chi connectivity index (χ2n) is 6.66. The van der Waals surface area contributed by atoms with E-state index in [4.69, 9.17) is 4.74 Å². The monoisotopic (exact) mass is 334 g/mol. The van der Waals surface area contributed by atoms with Gasteiger partial charge in [-0.1, -0.05) is 30.3 Å². The average molecular weight is 334 g/mol. The highest BCUT2D eigenvalue weighted by Gasteiger charge is 2.21. The lowest BCUT2D eigenvalue weighted by Crippen LogP contribution is -2.40. The van der Waals surface area contributed by atoms with Crippen LogP contribution < -0.4 is 10.3 Å². The van der Waals surface area contributed by atoms with Gasteiger partial charge in [-0.15, -0.1) is 0 Å². The number of aromatic amines is 1. The maximum absolute atomic E-state index is 11.8. The number of benzene rings is 2. The summed E-state index contributed by atoms with van der Waals surface area (Å²) in [7, 11) is 0. The Morgan fingerprint density at radius 3 is 2.88 bits per heavy atom. The number of H-pyrrole nitrogens is 1. The van der Waals surface area contributed by atoms with Crippen LogP contribution in [0.15, 0.2) is 65.6 Å². The molecule has 1 saturated heterocycles. The Balaban J connectivity index is 1.44. The number of aromatic nitrogens is 1. The highest BCUT2D eigenvalue weighted by Crippen LogP contribution is 2.22. The van der Waals surface area contributed by atoms with Crippen LogP contribution in [0.4, 0.5) is 0 Å². The number of hydrogen-bond donors (Lipinski definition) is 1. The molecule has 4 nitrogen and oxygen atoms in total. The maximum Gasteiger partial charge on any atom is 0.255 e. The van der Waals surface area contributed by atoms with E-state index >= 15 is 0 Å². The van der Waals surface area contributed by atoms with E-state index < -0.39 is 0 Å².